The van der Waals surface area contributed by atoms with Gasteiger partial charge in [0.25, 0.3) is 0 Å². The number of rotatable bonds is 2. The van der Waals surface area contributed by atoms with Crippen molar-refractivity contribution < 1.29 is 23.4 Å². The topological polar surface area (TPSA) is 91.7 Å². The van der Waals surface area contributed by atoms with E-state index in [4.69, 9.17) is 5.11 Å². The van der Waals surface area contributed by atoms with E-state index in [2.05, 4.69) is 0 Å². The molecule has 0 aromatic carbocycles. The normalized spacial score (nSPS) is 36.1. The number of aliphatic hydroxyl groups excluding tert-OH is 1. The number of hydrogen-bond acceptors (Lipinski definition) is 4. The van der Waals surface area contributed by atoms with E-state index in [0.29, 0.717) is 0 Å². The van der Waals surface area contributed by atoms with Crippen molar-refractivity contribution in [3.05, 3.63) is 0 Å². The summed E-state index contributed by atoms with van der Waals surface area (Å²) in [4.78, 5) is 10.6. The molecule has 1 aliphatic rings. The molecule has 0 amide bonds. The van der Waals surface area contributed by atoms with E-state index in [1.54, 1.807) is 13.8 Å². The van der Waals surface area contributed by atoms with Crippen LogP contribution in [-0.4, -0.2) is 41.7 Å². The molecule has 0 spiro atoms. The highest BCUT2D eigenvalue weighted by Crippen LogP contribution is 2.31. The average molecular weight is 222 g/mol. The zero-order valence-electron chi connectivity index (χ0n) is 8.04. The molecule has 14 heavy (non-hydrogen) atoms. The lowest BCUT2D eigenvalue weighted by atomic mass is 9.96. The van der Waals surface area contributed by atoms with Gasteiger partial charge in [-0.2, -0.15) is 0 Å². The van der Waals surface area contributed by atoms with E-state index in [0.717, 1.165) is 0 Å². The Morgan fingerprint density at radius 3 is 2.14 bits per heavy atom. The molecule has 0 aliphatic carbocycles. The molecule has 0 radical (unpaired) electrons. The number of aliphatic carboxylic acids is 1. The van der Waals surface area contributed by atoms with Crippen LogP contribution in [0.2, 0.25) is 0 Å². The number of carboxylic acids is 1. The second-order valence-electron chi connectivity index (χ2n) is 3.97. The van der Waals surface area contributed by atoms with Gasteiger partial charge in [0.15, 0.2) is 9.84 Å². The summed E-state index contributed by atoms with van der Waals surface area (Å²) in [7, 11) is -3.46. The highest BCUT2D eigenvalue weighted by molar-refractivity contribution is 7.92. The third-order valence-corrected chi connectivity index (χ3v) is 5.03. The van der Waals surface area contributed by atoms with E-state index in [1.807, 2.05) is 0 Å². The first-order chi connectivity index (χ1) is 6.27. The van der Waals surface area contributed by atoms with Crippen LogP contribution >= 0.6 is 0 Å². The summed E-state index contributed by atoms with van der Waals surface area (Å²) in [6, 6.07) is 0. The summed E-state index contributed by atoms with van der Waals surface area (Å²) in [6.45, 7) is 3.32. The van der Waals surface area contributed by atoms with Gasteiger partial charge in [0.1, 0.15) is 0 Å². The molecule has 1 aliphatic heterocycles. The second-order valence-corrected chi connectivity index (χ2v) is 6.18. The fourth-order valence-electron chi connectivity index (χ4n) is 1.93. The zero-order valence-corrected chi connectivity index (χ0v) is 8.86. The van der Waals surface area contributed by atoms with Crippen LogP contribution in [0.4, 0.5) is 0 Å². The first kappa shape index (κ1) is 11.5. The Bertz CT molecular complexity index is 332. The molecule has 2 N–H and O–H groups in total. The highest BCUT2D eigenvalue weighted by atomic mass is 32.2. The first-order valence-electron chi connectivity index (χ1n) is 4.40. The van der Waals surface area contributed by atoms with Gasteiger partial charge in [-0.3, -0.25) is 4.79 Å². The Hall–Kier alpha value is -0.620. The van der Waals surface area contributed by atoms with Crippen molar-refractivity contribution in [1.29, 1.82) is 0 Å². The Morgan fingerprint density at radius 2 is 1.93 bits per heavy atom. The minimum absolute atomic E-state index is 0.264. The summed E-state index contributed by atoms with van der Waals surface area (Å²) < 4.78 is 23.0. The van der Waals surface area contributed by atoms with Crippen LogP contribution in [-0.2, 0) is 14.6 Å². The largest absolute Gasteiger partial charge is 0.481 e. The van der Waals surface area contributed by atoms with E-state index in [1.165, 1.54) is 0 Å². The van der Waals surface area contributed by atoms with Crippen molar-refractivity contribution in [3.63, 3.8) is 0 Å². The number of sulfone groups is 1. The Balaban J connectivity index is 3.04. The number of hydrogen-bond donors (Lipinski definition) is 2. The molecule has 0 saturated carbocycles. The van der Waals surface area contributed by atoms with Crippen molar-refractivity contribution in [2.24, 2.45) is 11.8 Å². The lowest BCUT2D eigenvalue weighted by molar-refractivity contribution is -0.144. The van der Waals surface area contributed by atoms with Gasteiger partial charge in [0.05, 0.1) is 23.0 Å². The third-order valence-electron chi connectivity index (χ3n) is 2.55. The molecule has 1 saturated heterocycles. The fourth-order valence-corrected chi connectivity index (χ4v) is 4.43. The molecule has 1 fully saturated rings. The molecule has 3 unspecified atom stereocenters. The van der Waals surface area contributed by atoms with Crippen LogP contribution in [0.1, 0.15) is 13.8 Å². The van der Waals surface area contributed by atoms with E-state index < -0.39 is 38.8 Å². The van der Waals surface area contributed by atoms with Crippen LogP contribution in [0.3, 0.4) is 0 Å². The number of carboxylic acid groups (broad SMARTS) is 1. The SMILES string of the molecule is CC(C)C1C(O)C(C(=O)O)CS1(=O)=O. The number of carbonyl (C=O) groups is 1. The molecule has 6 heteroatoms. The van der Waals surface area contributed by atoms with Crippen LogP contribution < -0.4 is 0 Å². The Labute approximate surface area is 82.7 Å². The van der Waals surface area contributed by atoms with E-state index >= 15 is 0 Å². The predicted molar refractivity (Wildman–Crippen MR) is 49.5 cm³/mol. The monoisotopic (exact) mass is 222 g/mol. The quantitative estimate of drug-likeness (QED) is 0.657. The van der Waals surface area contributed by atoms with Crippen molar-refractivity contribution in [1.82, 2.24) is 0 Å². The standard InChI is InChI=1S/C8H14O5S/c1-4(2)7-6(9)5(8(10)11)3-14(7,12)13/h4-7,9H,3H2,1-2H3,(H,10,11). The van der Waals surface area contributed by atoms with Gasteiger partial charge >= 0.3 is 5.97 Å². The Kier molecular flexibility index (Phi) is 2.87. The summed E-state index contributed by atoms with van der Waals surface area (Å²) in [6.07, 6.45) is -1.28. The van der Waals surface area contributed by atoms with E-state index in [-0.39, 0.29) is 5.92 Å². The van der Waals surface area contributed by atoms with Crippen LogP contribution in [0, 0.1) is 11.8 Å². The van der Waals surface area contributed by atoms with Crippen LogP contribution in [0.5, 0.6) is 0 Å². The molecular weight excluding hydrogens is 208 g/mol. The number of aliphatic hydroxyl groups is 1. The molecule has 1 rings (SSSR count). The second kappa shape index (κ2) is 3.51. The average Bonchev–Trinajstić information content (AvgIpc) is 2.20. The lowest BCUT2D eigenvalue weighted by Gasteiger charge is -2.18. The maximum atomic E-state index is 11.5. The molecular formula is C8H14O5S. The maximum absolute atomic E-state index is 11.5. The smallest absolute Gasteiger partial charge is 0.310 e. The summed E-state index contributed by atoms with van der Waals surface area (Å²) >= 11 is 0. The molecule has 82 valence electrons. The van der Waals surface area contributed by atoms with E-state index in [9.17, 15) is 18.3 Å². The van der Waals surface area contributed by atoms with Gasteiger partial charge in [0.2, 0.25) is 0 Å². The maximum Gasteiger partial charge on any atom is 0.310 e. The van der Waals surface area contributed by atoms with Gasteiger partial charge in [-0.25, -0.2) is 8.42 Å². The molecule has 3 atom stereocenters. The summed E-state index contributed by atoms with van der Waals surface area (Å²) in [5, 5.41) is 17.3. The van der Waals surface area contributed by atoms with Crippen molar-refractivity contribution in [2.45, 2.75) is 25.2 Å². The molecule has 0 bridgehead atoms. The molecule has 0 aromatic heterocycles. The van der Waals surface area contributed by atoms with Crippen LogP contribution in [0.25, 0.3) is 0 Å². The minimum Gasteiger partial charge on any atom is -0.481 e. The molecule has 5 nitrogen and oxygen atoms in total. The van der Waals surface area contributed by atoms with Gasteiger partial charge < -0.3 is 10.2 Å². The third kappa shape index (κ3) is 1.76. The highest BCUT2D eigenvalue weighted by Gasteiger charge is 2.50. The van der Waals surface area contributed by atoms with Gasteiger partial charge in [-0.05, 0) is 5.92 Å². The molecule has 0 aromatic rings. The summed E-state index contributed by atoms with van der Waals surface area (Å²) in [5.41, 5.74) is 0. The van der Waals surface area contributed by atoms with Gasteiger partial charge in [0, 0.05) is 0 Å². The van der Waals surface area contributed by atoms with Crippen molar-refractivity contribution in [3.8, 4) is 0 Å². The predicted octanol–water partition coefficient (Wildman–Crippen LogP) is -0.499. The lowest BCUT2D eigenvalue weighted by Crippen LogP contribution is -2.35. The minimum atomic E-state index is -3.46. The van der Waals surface area contributed by atoms with Crippen molar-refractivity contribution >= 4 is 15.8 Å². The Morgan fingerprint density at radius 1 is 1.43 bits per heavy atom. The van der Waals surface area contributed by atoms with Gasteiger partial charge in [-0.1, -0.05) is 13.8 Å². The fraction of sp³-hybridized carbons (Fsp3) is 0.875. The first-order valence-corrected chi connectivity index (χ1v) is 6.11. The molecule has 1 heterocycles. The van der Waals surface area contributed by atoms with Gasteiger partial charge in [-0.15, -0.1) is 0 Å². The van der Waals surface area contributed by atoms with Crippen LogP contribution in [0.15, 0.2) is 0 Å². The zero-order chi connectivity index (χ0) is 11.1. The van der Waals surface area contributed by atoms with Crippen molar-refractivity contribution in [2.75, 3.05) is 5.75 Å². The summed E-state index contributed by atoms with van der Waals surface area (Å²) in [5.74, 6) is -3.14.